The first-order valence-electron chi connectivity index (χ1n) is 11.3. The van der Waals surface area contributed by atoms with Crippen molar-refractivity contribution in [3.05, 3.63) is 35.0 Å². The van der Waals surface area contributed by atoms with E-state index in [9.17, 15) is 4.39 Å². The molecule has 1 aliphatic carbocycles. The molecule has 174 valence electrons. The minimum Gasteiger partial charge on any atom is -0.394 e. The molecule has 0 aliphatic heterocycles. The number of anilines is 1. The van der Waals surface area contributed by atoms with E-state index in [0.717, 1.165) is 24.2 Å². The van der Waals surface area contributed by atoms with Gasteiger partial charge in [0.2, 0.25) is 5.95 Å². The zero-order valence-corrected chi connectivity index (χ0v) is 20.2. The van der Waals surface area contributed by atoms with Crippen molar-refractivity contribution in [1.82, 2.24) is 19.5 Å². The van der Waals surface area contributed by atoms with E-state index in [4.69, 9.17) is 16.7 Å². The number of aliphatic hydroxyl groups is 1. The highest BCUT2D eigenvalue weighted by molar-refractivity contribution is 6.33. The molecule has 1 aromatic carbocycles. The van der Waals surface area contributed by atoms with Gasteiger partial charge in [-0.1, -0.05) is 30.9 Å². The van der Waals surface area contributed by atoms with Gasteiger partial charge < -0.3 is 15.0 Å². The number of aliphatic hydroxyl groups excluding tert-OH is 1. The van der Waals surface area contributed by atoms with Crippen molar-refractivity contribution in [1.29, 1.82) is 0 Å². The Balaban J connectivity index is 0.000000668. The standard InChI is InChI=1S/C21H25ClFN5.C3H8O/c1-12(2)28-13(3)25-20-17(23)9-14(10-18(20)28)19-16(22)11-24-21(27-19)26-15-7-5-4-6-8-15;1-3(2)4/h9-12,15H,4-8H2,1-3H3,(H,24,26,27);3-4H,1-2H3. The quantitative estimate of drug-likeness (QED) is 0.476. The smallest absolute Gasteiger partial charge is 0.223 e. The molecule has 1 fully saturated rings. The van der Waals surface area contributed by atoms with Crippen LogP contribution in [0.1, 0.15) is 71.7 Å². The maximum absolute atomic E-state index is 14.8. The second kappa shape index (κ2) is 10.6. The Morgan fingerprint density at radius 1 is 1.12 bits per heavy atom. The lowest BCUT2D eigenvalue weighted by molar-refractivity contribution is 0.216. The van der Waals surface area contributed by atoms with Crippen molar-refractivity contribution in [2.45, 2.75) is 84.9 Å². The number of hydrogen-bond acceptors (Lipinski definition) is 5. The second-order valence-corrected chi connectivity index (χ2v) is 9.32. The van der Waals surface area contributed by atoms with Crippen LogP contribution in [0.3, 0.4) is 0 Å². The van der Waals surface area contributed by atoms with Crippen LogP contribution in [0.15, 0.2) is 18.3 Å². The average molecular weight is 462 g/mol. The van der Waals surface area contributed by atoms with E-state index in [0.29, 0.717) is 33.8 Å². The van der Waals surface area contributed by atoms with Gasteiger partial charge in [0, 0.05) is 23.8 Å². The molecular weight excluding hydrogens is 429 g/mol. The summed E-state index contributed by atoms with van der Waals surface area (Å²) in [6.45, 7) is 9.45. The van der Waals surface area contributed by atoms with E-state index >= 15 is 0 Å². The van der Waals surface area contributed by atoms with Gasteiger partial charge in [-0.05, 0) is 59.6 Å². The maximum atomic E-state index is 14.8. The van der Waals surface area contributed by atoms with Gasteiger partial charge in [-0.2, -0.15) is 0 Å². The third-order valence-corrected chi connectivity index (χ3v) is 5.67. The molecule has 8 heteroatoms. The predicted octanol–water partition coefficient (Wildman–Crippen LogP) is 6.31. The Labute approximate surface area is 194 Å². The van der Waals surface area contributed by atoms with Crippen molar-refractivity contribution < 1.29 is 9.50 Å². The van der Waals surface area contributed by atoms with Crippen LogP contribution in [-0.4, -0.2) is 36.8 Å². The first-order chi connectivity index (χ1) is 15.2. The fraction of sp³-hybridized carbons (Fsp3) is 0.542. The van der Waals surface area contributed by atoms with E-state index in [-0.39, 0.29) is 18.0 Å². The molecule has 0 spiro atoms. The summed E-state index contributed by atoms with van der Waals surface area (Å²) in [4.78, 5) is 13.3. The zero-order chi connectivity index (χ0) is 23.4. The van der Waals surface area contributed by atoms with Crippen LogP contribution >= 0.6 is 11.6 Å². The molecule has 0 unspecified atom stereocenters. The number of halogens is 2. The summed E-state index contributed by atoms with van der Waals surface area (Å²) in [6.07, 6.45) is 7.38. The Kier molecular flexibility index (Phi) is 8.06. The van der Waals surface area contributed by atoms with Crippen molar-refractivity contribution in [3.8, 4) is 11.3 Å². The van der Waals surface area contributed by atoms with Crippen molar-refractivity contribution in [2.24, 2.45) is 0 Å². The Morgan fingerprint density at radius 2 is 1.78 bits per heavy atom. The number of aromatic nitrogens is 4. The molecular formula is C24H33ClFN5O. The first kappa shape index (κ1) is 24.4. The van der Waals surface area contributed by atoms with Gasteiger partial charge in [0.1, 0.15) is 11.3 Å². The molecule has 2 aromatic heterocycles. The summed E-state index contributed by atoms with van der Waals surface area (Å²) >= 11 is 6.39. The molecule has 0 saturated heterocycles. The number of nitrogens with one attached hydrogen (secondary N) is 1. The molecule has 32 heavy (non-hydrogen) atoms. The summed E-state index contributed by atoms with van der Waals surface area (Å²) in [5.74, 6) is 0.960. The summed E-state index contributed by atoms with van der Waals surface area (Å²) in [5.41, 5.74) is 2.29. The normalized spacial score (nSPS) is 14.7. The highest BCUT2D eigenvalue weighted by atomic mass is 35.5. The van der Waals surface area contributed by atoms with E-state index < -0.39 is 0 Å². The van der Waals surface area contributed by atoms with Crippen LogP contribution in [0, 0.1) is 12.7 Å². The third kappa shape index (κ3) is 5.75. The largest absolute Gasteiger partial charge is 0.394 e. The highest BCUT2D eigenvalue weighted by Gasteiger charge is 2.19. The highest BCUT2D eigenvalue weighted by Crippen LogP contribution is 2.32. The van der Waals surface area contributed by atoms with Crippen molar-refractivity contribution >= 4 is 28.6 Å². The molecule has 2 heterocycles. The molecule has 0 amide bonds. The van der Waals surface area contributed by atoms with E-state index in [2.05, 4.69) is 34.1 Å². The Morgan fingerprint density at radius 3 is 2.41 bits per heavy atom. The maximum Gasteiger partial charge on any atom is 0.223 e. The van der Waals surface area contributed by atoms with Crippen molar-refractivity contribution in [3.63, 3.8) is 0 Å². The monoisotopic (exact) mass is 461 g/mol. The van der Waals surface area contributed by atoms with Gasteiger partial charge in [0.15, 0.2) is 5.82 Å². The van der Waals surface area contributed by atoms with Gasteiger partial charge in [0.05, 0.1) is 22.4 Å². The topological polar surface area (TPSA) is 75.9 Å². The summed E-state index contributed by atoms with van der Waals surface area (Å²) < 4.78 is 16.8. The lowest BCUT2D eigenvalue weighted by Crippen LogP contribution is -2.23. The zero-order valence-electron chi connectivity index (χ0n) is 19.5. The van der Waals surface area contributed by atoms with E-state index in [1.54, 1.807) is 20.0 Å². The van der Waals surface area contributed by atoms with E-state index in [1.165, 1.54) is 25.3 Å². The number of benzene rings is 1. The van der Waals surface area contributed by atoms with Gasteiger partial charge in [0.25, 0.3) is 0 Å². The fourth-order valence-corrected chi connectivity index (χ4v) is 4.33. The van der Waals surface area contributed by atoms with Crippen LogP contribution in [0.5, 0.6) is 0 Å². The van der Waals surface area contributed by atoms with Crippen LogP contribution in [0.25, 0.3) is 22.3 Å². The number of fused-ring (bicyclic) bond motifs is 1. The SMILES string of the molecule is CC(C)O.Cc1nc2c(F)cc(-c3nc(NC4CCCCC4)ncc3Cl)cc2n1C(C)C. The number of rotatable bonds is 4. The van der Waals surface area contributed by atoms with Gasteiger partial charge in [-0.3, -0.25) is 0 Å². The minimum absolute atomic E-state index is 0.167. The van der Waals surface area contributed by atoms with Gasteiger partial charge >= 0.3 is 0 Å². The molecule has 3 aromatic rings. The van der Waals surface area contributed by atoms with Crippen LogP contribution < -0.4 is 5.32 Å². The van der Waals surface area contributed by atoms with Crippen LogP contribution in [-0.2, 0) is 0 Å². The average Bonchev–Trinajstić information content (AvgIpc) is 3.06. The molecule has 1 saturated carbocycles. The Hall–Kier alpha value is -2.25. The molecule has 0 radical (unpaired) electrons. The molecule has 4 rings (SSSR count). The minimum atomic E-state index is -0.369. The summed E-state index contributed by atoms with van der Waals surface area (Å²) in [7, 11) is 0. The van der Waals surface area contributed by atoms with Crippen molar-refractivity contribution in [2.75, 3.05) is 5.32 Å². The molecule has 2 N–H and O–H groups in total. The van der Waals surface area contributed by atoms with Gasteiger partial charge in [-0.15, -0.1) is 0 Å². The molecule has 6 nitrogen and oxygen atoms in total. The second-order valence-electron chi connectivity index (χ2n) is 8.91. The number of imidazole rings is 1. The van der Waals surface area contributed by atoms with Crippen LogP contribution in [0.4, 0.5) is 10.3 Å². The number of nitrogens with zero attached hydrogens (tertiary/aromatic N) is 4. The summed E-state index contributed by atoms with van der Waals surface area (Å²) in [6, 6.07) is 3.92. The number of hydrogen-bond donors (Lipinski definition) is 2. The van der Waals surface area contributed by atoms with E-state index in [1.807, 2.05) is 17.6 Å². The molecule has 0 bridgehead atoms. The number of aryl methyl sites for hydroxylation is 1. The lowest BCUT2D eigenvalue weighted by Gasteiger charge is -2.22. The third-order valence-electron chi connectivity index (χ3n) is 5.40. The predicted molar refractivity (Wildman–Crippen MR) is 129 cm³/mol. The molecule has 1 aliphatic rings. The molecule has 0 atom stereocenters. The summed E-state index contributed by atoms with van der Waals surface area (Å²) in [5, 5.41) is 11.9. The first-order valence-corrected chi connectivity index (χ1v) is 11.7. The fourth-order valence-electron chi connectivity index (χ4n) is 4.13. The van der Waals surface area contributed by atoms with Gasteiger partial charge in [-0.25, -0.2) is 19.3 Å². The lowest BCUT2D eigenvalue weighted by atomic mass is 9.96. The Bertz CT molecular complexity index is 1060. The van der Waals surface area contributed by atoms with Crippen LogP contribution in [0.2, 0.25) is 5.02 Å².